The Bertz CT molecular complexity index is 1330. The standard InChI is InChI=1S/C72H139NO8/c1-6-8-10-12-14-16-18-20-22-24-26-28-30-32-33-34-35-36-37-39-40-42-44-46-48-50-52-54-56-58-60-62-69(74)79-66-68(67-80-72(71(76)77)78-65-64-73(3,4)5)81-70(75)63-61-59-57-55-53-51-49-47-45-43-41-38-31-29-27-25-23-21-19-17-15-13-11-9-7-2/h25,27,68,72H,6-24,26,28-67H2,1-5H3/p+1/b27-25-. The number of carboxylic acids is 1. The largest absolute Gasteiger partial charge is 0.477 e. The summed E-state index contributed by atoms with van der Waals surface area (Å²) in [5.74, 6) is -1.97. The molecule has 480 valence electrons. The van der Waals surface area contributed by atoms with E-state index in [1.54, 1.807) is 0 Å². The number of aliphatic carboxylic acids is 1. The van der Waals surface area contributed by atoms with Gasteiger partial charge in [0.15, 0.2) is 6.10 Å². The van der Waals surface area contributed by atoms with Gasteiger partial charge in [0, 0.05) is 12.8 Å². The van der Waals surface area contributed by atoms with Crippen LogP contribution in [0.25, 0.3) is 0 Å². The van der Waals surface area contributed by atoms with Crippen LogP contribution in [0, 0.1) is 0 Å². The molecule has 0 rings (SSSR count). The normalized spacial score (nSPS) is 12.7. The number of carboxylic acid groups (broad SMARTS) is 1. The quantitative estimate of drug-likeness (QED) is 0.0211. The number of carbonyl (C=O) groups is 3. The molecule has 0 aliphatic carbocycles. The van der Waals surface area contributed by atoms with Crippen LogP contribution in [0.5, 0.6) is 0 Å². The molecule has 0 fully saturated rings. The van der Waals surface area contributed by atoms with E-state index in [1.807, 2.05) is 21.1 Å². The van der Waals surface area contributed by atoms with E-state index in [0.29, 0.717) is 17.4 Å². The van der Waals surface area contributed by atoms with Gasteiger partial charge >= 0.3 is 17.9 Å². The molecule has 0 saturated heterocycles. The van der Waals surface area contributed by atoms with Crippen LogP contribution in [0.3, 0.4) is 0 Å². The second-order valence-corrected chi connectivity index (χ2v) is 25.9. The Balaban J connectivity index is 4.03. The van der Waals surface area contributed by atoms with Gasteiger partial charge in [-0.15, -0.1) is 0 Å². The van der Waals surface area contributed by atoms with Gasteiger partial charge in [-0.3, -0.25) is 9.59 Å². The van der Waals surface area contributed by atoms with Crippen LogP contribution in [0.2, 0.25) is 0 Å². The molecular formula is C72H140NO8+. The number of ether oxygens (including phenoxy) is 4. The zero-order valence-corrected chi connectivity index (χ0v) is 55.0. The number of unbranched alkanes of at least 4 members (excludes halogenated alkanes) is 51. The molecule has 0 aromatic rings. The number of allylic oxidation sites excluding steroid dienone is 2. The molecule has 0 spiro atoms. The number of rotatable bonds is 68. The van der Waals surface area contributed by atoms with Crippen molar-refractivity contribution in [2.75, 3.05) is 47.5 Å². The minimum absolute atomic E-state index is 0.174. The number of likely N-dealkylation sites (N-methyl/N-ethyl adjacent to an activating group) is 1. The van der Waals surface area contributed by atoms with Gasteiger partial charge in [0.1, 0.15) is 13.2 Å². The fourth-order valence-corrected chi connectivity index (χ4v) is 11.0. The van der Waals surface area contributed by atoms with Crippen LogP contribution in [-0.2, 0) is 33.3 Å². The summed E-state index contributed by atoms with van der Waals surface area (Å²) in [6, 6.07) is 0. The van der Waals surface area contributed by atoms with Crippen LogP contribution in [-0.4, -0.2) is 87.4 Å². The minimum atomic E-state index is -1.51. The average Bonchev–Trinajstić information content (AvgIpc) is 3.44. The number of hydrogen-bond donors (Lipinski definition) is 1. The summed E-state index contributed by atoms with van der Waals surface area (Å²) in [6.07, 6.45) is 74.8. The van der Waals surface area contributed by atoms with Crippen molar-refractivity contribution in [1.29, 1.82) is 0 Å². The van der Waals surface area contributed by atoms with Crippen LogP contribution in [0.15, 0.2) is 12.2 Å². The molecule has 2 unspecified atom stereocenters. The lowest BCUT2D eigenvalue weighted by Crippen LogP contribution is -2.40. The first-order valence-corrected chi connectivity index (χ1v) is 35.9. The predicted octanol–water partition coefficient (Wildman–Crippen LogP) is 22.0. The summed E-state index contributed by atoms with van der Waals surface area (Å²) in [7, 11) is 5.99. The molecule has 0 bridgehead atoms. The lowest BCUT2D eigenvalue weighted by Gasteiger charge is -2.25. The highest BCUT2D eigenvalue weighted by Gasteiger charge is 2.25. The topological polar surface area (TPSA) is 108 Å². The Labute approximate surface area is 504 Å². The first-order valence-electron chi connectivity index (χ1n) is 35.9. The van der Waals surface area contributed by atoms with E-state index in [-0.39, 0.29) is 38.2 Å². The molecule has 0 radical (unpaired) electrons. The summed E-state index contributed by atoms with van der Waals surface area (Å²) in [5, 5.41) is 9.75. The van der Waals surface area contributed by atoms with Gasteiger partial charge in [-0.05, 0) is 38.5 Å². The Kier molecular flexibility index (Phi) is 62.5. The third-order valence-electron chi connectivity index (χ3n) is 16.5. The number of hydrogen-bond acceptors (Lipinski definition) is 7. The summed E-state index contributed by atoms with van der Waals surface area (Å²) in [4.78, 5) is 37.6. The molecule has 0 aromatic carbocycles. The third kappa shape index (κ3) is 65.4. The van der Waals surface area contributed by atoms with Gasteiger partial charge < -0.3 is 28.5 Å². The minimum Gasteiger partial charge on any atom is -0.477 e. The molecule has 2 atom stereocenters. The van der Waals surface area contributed by atoms with E-state index in [2.05, 4.69) is 26.0 Å². The van der Waals surface area contributed by atoms with Crippen LogP contribution in [0.1, 0.15) is 373 Å². The maximum atomic E-state index is 12.9. The van der Waals surface area contributed by atoms with E-state index in [0.717, 1.165) is 38.5 Å². The number of carbonyl (C=O) groups excluding carboxylic acids is 2. The molecule has 0 saturated carbocycles. The number of quaternary nitrogens is 1. The van der Waals surface area contributed by atoms with E-state index < -0.39 is 18.4 Å². The maximum absolute atomic E-state index is 12.9. The monoisotopic (exact) mass is 1150 g/mol. The van der Waals surface area contributed by atoms with Crippen molar-refractivity contribution >= 4 is 17.9 Å². The average molecular weight is 1150 g/mol. The highest BCUT2D eigenvalue weighted by Crippen LogP contribution is 2.19. The molecule has 1 N–H and O–H groups in total. The van der Waals surface area contributed by atoms with Crippen molar-refractivity contribution in [2.45, 2.75) is 386 Å². The second kappa shape index (κ2) is 64.0. The van der Waals surface area contributed by atoms with E-state index in [9.17, 15) is 19.5 Å². The lowest BCUT2D eigenvalue weighted by molar-refractivity contribution is -0.870. The number of nitrogens with zero attached hydrogens (tertiary/aromatic N) is 1. The van der Waals surface area contributed by atoms with Gasteiger partial charge in [-0.1, -0.05) is 334 Å². The lowest BCUT2D eigenvalue weighted by atomic mass is 10.0. The van der Waals surface area contributed by atoms with Crippen LogP contribution < -0.4 is 0 Å². The highest BCUT2D eigenvalue weighted by molar-refractivity contribution is 5.71. The fraction of sp³-hybridized carbons (Fsp3) is 0.931. The van der Waals surface area contributed by atoms with Crippen molar-refractivity contribution in [1.82, 2.24) is 0 Å². The zero-order chi connectivity index (χ0) is 59.1. The van der Waals surface area contributed by atoms with Crippen molar-refractivity contribution in [2.24, 2.45) is 0 Å². The van der Waals surface area contributed by atoms with Crippen LogP contribution >= 0.6 is 0 Å². The van der Waals surface area contributed by atoms with E-state index in [1.165, 1.54) is 308 Å². The SMILES string of the molecule is CCCCCCCCCC/C=C\CCCCCCCCCCCCCCCC(=O)OC(COC(=O)CCCCCCCCCCCCCCCCCCCCCCCCCCCCCCCCC)COC(OCC[N+](C)(C)C)C(=O)O. The Morgan fingerprint density at radius 1 is 0.358 bits per heavy atom. The zero-order valence-electron chi connectivity index (χ0n) is 55.0. The highest BCUT2D eigenvalue weighted by atomic mass is 16.7. The molecule has 0 amide bonds. The summed E-state index contributed by atoms with van der Waals surface area (Å²) in [6.45, 7) is 4.96. The molecule has 0 aromatic heterocycles. The maximum Gasteiger partial charge on any atom is 0.361 e. The molecular weight excluding hydrogens is 1010 g/mol. The molecule has 0 aliphatic rings. The fourth-order valence-electron chi connectivity index (χ4n) is 11.0. The summed E-state index contributed by atoms with van der Waals surface area (Å²) >= 11 is 0. The molecule has 0 heterocycles. The van der Waals surface area contributed by atoms with Crippen molar-refractivity contribution in [3.63, 3.8) is 0 Å². The van der Waals surface area contributed by atoms with Gasteiger partial charge in [-0.2, -0.15) is 0 Å². The van der Waals surface area contributed by atoms with E-state index in [4.69, 9.17) is 18.9 Å². The Morgan fingerprint density at radius 3 is 0.914 bits per heavy atom. The Morgan fingerprint density at radius 2 is 0.630 bits per heavy atom. The van der Waals surface area contributed by atoms with Gasteiger partial charge in [0.2, 0.25) is 0 Å². The first-order chi connectivity index (χ1) is 39.6. The number of esters is 2. The molecule has 0 aliphatic heterocycles. The van der Waals surface area contributed by atoms with Crippen LogP contribution in [0.4, 0.5) is 0 Å². The van der Waals surface area contributed by atoms with Crippen molar-refractivity contribution in [3.8, 4) is 0 Å². The second-order valence-electron chi connectivity index (χ2n) is 25.9. The molecule has 9 heteroatoms. The summed E-state index contributed by atoms with van der Waals surface area (Å²) < 4.78 is 23.0. The smallest absolute Gasteiger partial charge is 0.361 e. The Hall–Kier alpha value is -1.97. The molecule has 81 heavy (non-hydrogen) atoms. The van der Waals surface area contributed by atoms with Gasteiger partial charge in [0.25, 0.3) is 6.29 Å². The van der Waals surface area contributed by atoms with Crippen molar-refractivity contribution in [3.05, 3.63) is 12.2 Å². The predicted molar refractivity (Wildman–Crippen MR) is 346 cm³/mol. The van der Waals surface area contributed by atoms with Crippen molar-refractivity contribution < 1.29 is 42.9 Å². The van der Waals surface area contributed by atoms with E-state index >= 15 is 0 Å². The summed E-state index contributed by atoms with van der Waals surface area (Å²) in [5.41, 5.74) is 0. The molecule has 9 nitrogen and oxygen atoms in total. The first kappa shape index (κ1) is 79.0. The van der Waals surface area contributed by atoms with Gasteiger partial charge in [0.05, 0.1) is 34.4 Å². The third-order valence-corrected chi connectivity index (χ3v) is 16.5. The van der Waals surface area contributed by atoms with Gasteiger partial charge in [-0.25, -0.2) is 4.79 Å².